The molecule has 0 bridgehead atoms. The van der Waals surface area contributed by atoms with Crippen LogP contribution in [0.3, 0.4) is 0 Å². The van der Waals surface area contributed by atoms with Crippen molar-refractivity contribution in [3.05, 3.63) is 94.5 Å². The second-order valence-corrected chi connectivity index (χ2v) is 12.3. The molecule has 0 aliphatic carbocycles. The van der Waals surface area contributed by atoms with Gasteiger partial charge in [0.2, 0.25) is 11.8 Å². The van der Waals surface area contributed by atoms with Crippen molar-refractivity contribution < 1.29 is 31.2 Å². The van der Waals surface area contributed by atoms with E-state index in [9.17, 15) is 31.2 Å². The molecular weight excluding hydrogens is 623 g/mol. The topological polar surface area (TPSA) is 86.8 Å². The van der Waals surface area contributed by atoms with Gasteiger partial charge in [-0.3, -0.25) is 13.9 Å². The first-order chi connectivity index (χ1) is 19.2. The number of halogens is 4. The molecule has 0 aliphatic heterocycles. The van der Waals surface area contributed by atoms with Gasteiger partial charge in [-0.2, -0.15) is 13.2 Å². The molecule has 3 aromatic carbocycles. The van der Waals surface area contributed by atoms with Crippen molar-refractivity contribution in [3.8, 4) is 0 Å². The fourth-order valence-corrected chi connectivity index (χ4v) is 5.61. The molecule has 3 rings (SSSR count). The highest BCUT2D eigenvalue weighted by Crippen LogP contribution is 2.33. The van der Waals surface area contributed by atoms with Crippen molar-refractivity contribution >= 4 is 43.5 Å². The maximum Gasteiger partial charge on any atom is 0.416 e. The third-order valence-corrected chi connectivity index (χ3v) is 8.82. The zero-order valence-electron chi connectivity index (χ0n) is 22.7. The van der Waals surface area contributed by atoms with E-state index in [1.165, 1.54) is 42.2 Å². The number of anilines is 1. The van der Waals surface area contributed by atoms with Crippen LogP contribution in [0.5, 0.6) is 0 Å². The van der Waals surface area contributed by atoms with Crippen LogP contribution in [0.1, 0.15) is 38.3 Å². The fourth-order valence-electron chi connectivity index (χ4n) is 3.92. The van der Waals surface area contributed by atoms with E-state index in [2.05, 4.69) is 21.2 Å². The van der Waals surface area contributed by atoms with Gasteiger partial charge in [-0.1, -0.05) is 59.3 Å². The van der Waals surface area contributed by atoms with Crippen molar-refractivity contribution in [1.82, 2.24) is 10.2 Å². The lowest BCUT2D eigenvalue weighted by molar-refractivity contribution is -0.139. The van der Waals surface area contributed by atoms with Crippen molar-refractivity contribution in [2.75, 3.05) is 10.8 Å². The number of carbonyl (C=O) groups is 2. The summed E-state index contributed by atoms with van der Waals surface area (Å²) in [6, 6.07) is 16.7. The van der Waals surface area contributed by atoms with Crippen molar-refractivity contribution in [2.24, 2.45) is 0 Å². The van der Waals surface area contributed by atoms with Gasteiger partial charge in [0.1, 0.15) is 12.6 Å². The number of hydrogen-bond acceptors (Lipinski definition) is 4. The van der Waals surface area contributed by atoms with Gasteiger partial charge in [0.25, 0.3) is 10.0 Å². The molecule has 0 saturated carbocycles. The number of hydrogen-bond donors (Lipinski definition) is 1. The lowest BCUT2D eigenvalue weighted by Gasteiger charge is -2.32. The maximum atomic E-state index is 13.9. The molecule has 0 fully saturated rings. The van der Waals surface area contributed by atoms with Gasteiger partial charge < -0.3 is 10.2 Å². The number of benzene rings is 3. The maximum absolute atomic E-state index is 13.9. The Morgan fingerprint density at radius 3 is 2.17 bits per heavy atom. The summed E-state index contributed by atoms with van der Waals surface area (Å²) in [4.78, 5) is 28.0. The van der Waals surface area contributed by atoms with Crippen LogP contribution in [0.4, 0.5) is 18.9 Å². The van der Waals surface area contributed by atoms with Crippen LogP contribution < -0.4 is 9.62 Å². The minimum atomic E-state index is -4.74. The summed E-state index contributed by atoms with van der Waals surface area (Å²) < 4.78 is 69.5. The average molecular weight is 655 g/mol. The zero-order valence-corrected chi connectivity index (χ0v) is 25.1. The molecule has 0 unspecified atom stereocenters. The van der Waals surface area contributed by atoms with Crippen LogP contribution >= 0.6 is 15.9 Å². The standard InChI is InChI=1S/C29H31BrF3N3O4S/c1-4-20(2)34-28(38)21(3)35(18-22-13-15-24(30)16-14-22)27(37)19-36(41(39,40)26-11-6-5-7-12-26)25-10-8-9-23(17-25)29(31,32)33/h5-17,20-21H,4,18-19H2,1-3H3,(H,34,38)/t20-,21+/m0/s1. The lowest BCUT2D eigenvalue weighted by atomic mass is 10.1. The highest BCUT2D eigenvalue weighted by atomic mass is 79.9. The molecule has 12 heteroatoms. The van der Waals surface area contributed by atoms with Crippen molar-refractivity contribution in [1.29, 1.82) is 0 Å². The van der Waals surface area contributed by atoms with E-state index in [1.807, 2.05) is 13.8 Å². The molecule has 0 heterocycles. The molecule has 0 spiro atoms. The minimum absolute atomic E-state index is 0.0387. The summed E-state index contributed by atoms with van der Waals surface area (Å²) in [6.45, 7) is 4.35. The first-order valence-corrected chi connectivity index (χ1v) is 15.1. The van der Waals surface area contributed by atoms with Gasteiger partial charge >= 0.3 is 6.18 Å². The Morgan fingerprint density at radius 2 is 1.59 bits per heavy atom. The SMILES string of the molecule is CC[C@H](C)NC(=O)[C@@H](C)N(Cc1ccc(Br)cc1)C(=O)CN(c1cccc(C(F)(F)F)c1)S(=O)(=O)c1ccccc1. The first-order valence-electron chi connectivity index (χ1n) is 12.8. The number of amides is 2. The van der Waals surface area contributed by atoms with Crippen LogP contribution in [0.25, 0.3) is 0 Å². The molecule has 1 N–H and O–H groups in total. The average Bonchev–Trinajstić information content (AvgIpc) is 2.95. The monoisotopic (exact) mass is 653 g/mol. The normalized spacial score (nSPS) is 13.2. The van der Waals surface area contributed by atoms with Gasteiger partial charge in [-0.25, -0.2) is 8.42 Å². The van der Waals surface area contributed by atoms with Crippen LogP contribution in [0.15, 0.2) is 88.2 Å². The summed E-state index contributed by atoms with van der Waals surface area (Å²) in [6.07, 6.45) is -4.09. The number of carbonyl (C=O) groups excluding carboxylic acids is 2. The number of nitrogens with zero attached hydrogens (tertiary/aromatic N) is 2. The van der Waals surface area contributed by atoms with E-state index >= 15 is 0 Å². The number of sulfonamides is 1. The predicted octanol–water partition coefficient (Wildman–Crippen LogP) is 6.00. The Labute approximate surface area is 246 Å². The van der Waals surface area contributed by atoms with Crippen LogP contribution in [0, 0.1) is 0 Å². The van der Waals surface area contributed by atoms with Gasteiger partial charge in [0.05, 0.1) is 16.1 Å². The second kappa shape index (κ2) is 13.5. The van der Waals surface area contributed by atoms with E-state index in [0.717, 1.165) is 16.6 Å². The van der Waals surface area contributed by atoms with E-state index in [0.29, 0.717) is 22.4 Å². The smallest absolute Gasteiger partial charge is 0.352 e. The molecule has 41 heavy (non-hydrogen) atoms. The van der Waals surface area contributed by atoms with Gasteiger partial charge in [0.15, 0.2) is 0 Å². The van der Waals surface area contributed by atoms with Gasteiger partial charge in [-0.15, -0.1) is 0 Å². The third-order valence-electron chi connectivity index (χ3n) is 6.51. The molecule has 2 amide bonds. The Bertz CT molecular complexity index is 1450. The molecular formula is C29H31BrF3N3O4S. The minimum Gasteiger partial charge on any atom is -0.352 e. The largest absolute Gasteiger partial charge is 0.416 e. The summed E-state index contributed by atoms with van der Waals surface area (Å²) in [5.41, 5.74) is -0.734. The summed E-state index contributed by atoms with van der Waals surface area (Å²) >= 11 is 3.35. The Hall–Kier alpha value is -3.38. The first kappa shape index (κ1) is 32.1. The van der Waals surface area contributed by atoms with Crippen molar-refractivity contribution in [2.45, 2.75) is 56.9 Å². The van der Waals surface area contributed by atoms with Crippen LogP contribution in [-0.2, 0) is 32.3 Å². The lowest BCUT2D eigenvalue weighted by Crippen LogP contribution is -2.52. The molecule has 2 atom stereocenters. The van der Waals surface area contributed by atoms with Crippen LogP contribution in [-0.4, -0.2) is 43.8 Å². The van der Waals surface area contributed by atoms with E-state index in [4.69, 9.17) is 0 Å². The molecule has 0 saturated heterocycles. The zero-order chi connectivity index (χ0) is 30.4. The highest BCUT2D eigenvalue weighted by molar-refractivity contribution is 9.10. The molecule has 0 radical (unpaired) electrons. The number of nitrogens with one attached hydrogen (secondary N) is 1. The van der Waals surface area contributed by atoms with Crippen molar-refractivity contribution in [3.63, 3.8) is 0 Å². The summed E-state index contributed by atoms with van der Waals surface area (Å²) in [7, 11) is -4.48. The fraction of sp³-hybridized carbons (Fsp3) is 0.310. The third kappa shape index (κ3) is 8.32. The van der Waals surface area contributed by atoms with Gasteiger partial charge in [-0.05, 0) is 68.3 Å². The van der Waals surface area contributed by atoms with Crippen LogP contribution in [0.2, 0.25) is 0 Å². The number of alkyl halides is 3. The Kier molecular flexibility index (Phi) is 10.6. The molecule has 0 aromatic heterocycles. The Balaban J connectivity index is 2.07. The molecule has 3 aromatic rings. The summed E-state index contributed by atoms with van der Waals surface area (Å²) in [5.74, 6) is -1.21. The molecule has 0 aliphatic rings. The quantitative estimate of drug-likeness (QED) is 0.275. The number of rotatable bonds is 11. The van der Waals surface area contributed by atoms with E-state index < -0.39 is 46.2 Å². The molecule has 220 valence electrons. The summed E-state index contributed by atoms with van der Waals surface area (Å²) in [5, 5.41) is 2.83. The van der Waals surface area contributed by atoms with E-state index in [1.54, 1.807) is 30.3 Å². The van der Waals surface area contributed by atoms with Gasteiger partial charge in [0, 0.05) is 17.1 Å². The molecule has 7 nitrogen and oxygen atoms in total. The second-order valence-electron chi connectivity index (χ2n) is 9.51. The van der Waals surface area contributed by atoms with E-state index in [-0.39, 0.29) is 23.2 Å². The predicted molar refractivity (Wildman–Crippen MR) is 154 cm³/mol. The highest BCUT2D eigenvalue weighted by Gasteiger charge is 2.35. The Morgan fingerprint density at radius 1 is 0.951 bits per heavy atom.